The van der Waals surface area contributed by atoms with Gasteiger partial charge in [0.25, 0.3) is 11.6 Å². The largest absolute Gasteiger partial charge is 0.343 e. The third kappa shape index (κ3) is 4.73. The molecule has 0 bridgehead atoms. The summed E-state index contributed by atoms with van der Waals surface area (Å²) < 4.78 is 4.51. The van der Waals surface area contributed by atoms with Gasteiger partial charge >= 0.3 is 0 Å². The quantitative estimate of drug-likeness (QED) is 0.405. The Kier molecular flexibility index (Phi) is 6.38. The van der Waals surface area contributed by atoms with Crippen molar-refractivity contribution in [3.05, 3.63) is 80.1 Å². The molecule has 0 aliphatic carbocycles. The standard InChI is InChI=1S/C22H22ClN5O3S/c1-14-3-5-16(6-4-14)11-20-24-22(32-25-20)26-9-10-27(15(2)13-26)21(29)18-8-7-17(28(30)31)12-19(18)23/h3-8,12,15H,9-11,13H2,1-2H3. The number of rotatable bonds is 5. The van der Waals surface area contributed by atoms with Gasteiger partial charge < -0.3 is 9.80 Å². The number of aromatic nitrogens is 2. The van der Waals surface area contributed by atoms with Crippen LogP contribution in [0.1, 0.15) is 34.2 Å². The van der Waals surface area contributed by atoms with Gasteiger partial charge in [0.1, 0.15) is 5.82 Å². The molecule has 0 spiro atoms. The molecule has 1 amide bonds. The van der Waals surface area contributed by atoms with Gasteiger partial charge in [0.2, 0.25) is 5.13 Å². The van der Waals surface area contributed by atoms with Crippen LogP contribution in [0.4, 0.5) is 10.8 Å². The molecule has 32 heavy (non-hydrogen) atoms. The van der Waals surface area contributed by atoms with Crippen LogP contribution in [0.3, 0.4) is 0 Å². The molecular weight excluding hydrogens is 450 g/mol. The molecule has 0 saturated carbocycles. The molecule has 10 heteroatoms. The van der Waals surface area contributed by atoms with Gasteiger partial charge in [-0.3, -0.25) is 14.9 Å². The molecule has 0 N–H and O–H groups in total. The number of hydrogen-bond donors (Lipinski definition) is 0. The van der Waals surface area contributed by atoms with Crippen LogP contribution in [0.5, 0.6) is 0 Å². The molecular formula is C22H22ClN5O3S. The van der Waals surface area contributed by atoms with Crippen LogP contribution in [-0.4, -0.2) is 50.8 Å². The topological polar surface area (TPSA) is 92.5 Å². The molecule has 1 fully saturated rings. The molecule has 2 aromatic carbocycles. The lowest BCUT2D eigenvalue weighted by Crippen LogP contribution is -2.54. The normalized spacial score (nSPS) is 16.3. The predicted molar refractivity (Wildman–Crippen MR) is 125 cm³/mol. The molecule has 0 radical (unpaired) electrons. The van der Waals surface area contributed by atoms with Gasteiger partial charge in [-0.05, 0) is 25.5 Å². The molecule has 1 aliphatic heterocycles. The molecule has 8 nitrogen and oxygen atoms in total. The van der Waals surface area contributed by atoms with Crippen molar-refractivity contribution in [1.82, 2.24) is 14.3 Å². The van der Waals surface area contributed by atoms with Crippen molar-refractivity contribution in [2.75, 3.05) is 24.5 Å². The fraction of sp³-hybridized carbons (Fsp3) is 0.318. The fourth-order valence-corrected chi connectivity index (χ4v) is 4.69. The van der Waals surface area contributed by atoms with Gasteiger partial charge in [-0.2, -0.15) is 4.37 Å². The second-order valence-electron chi connectivity index (χ2n) is 7.87. The first-order chi connectivity index (χ1) is 15.3. The summed E-state index contributed by atoms with van der Waals surface area (Å²) in [7, 11) is 0. The summed E-state index contributed by atoms with van der Waals surface area (Å²) in [5.74, 6) is 0.562. The number of anilines is 1. The van der Waals surface area contributed by atoms with Crippen molar-refractivity contribution in [2.24, 2.45) is 0 Å². The van der Waals surface area contributed by atoms with Gasteiger partial charge in [-0.25, -0.2) is 4.98 Å². The molecule has 4 rings (SSSR count). The summed E-state index contributed by atoms with van der Waals surface area (Å²) >= 11 is 7.53. The second kappa shape index (κ2) is 9.22. The maximum Gasteiger partial charge on any atom is 0.270 e. The maximum atomic E-state index is 13.0. The number of halogens is 1. The molecule has 166 valence electrons. The van der Waals surface area contributed by atoms with E-state index in [1.54, 1.807) is 4.90 Å². The summed E-state index contributed by atoms with van der Waals surface area (Å²) in [6, 6.07) is 12.2. The van der Waals surface area contributed by atoms with Crippen LogP contribution in [0.2, 0.25) is 5.02 Å². The summed E-state index contributed by atoms with van der Waals surface area (Å²) in [4.78, 5) is 32.0. The van der Waals surface area contributed by atoms with E-state index in [4.69, 9.17) is 16.6 Å². The van der Waals surface area contributed by atoms with Crippen LogP contribution in [0.25, 0.3) is 0 Å². The van der Waals surface area contributed by atoms with E-state index in [9.17, 15) is 14.9 Å². The fourth-order valence-electron chi connectivity index (χ4n) is 3.71. The highest BCUT2D eigenvalue weighted by atomic mass is 35.5. The van der Waals surface area contributed by atoms with E-state index in [-0.39, 0.29) is 28.2 Å². The van der Waals surface area contributed by atoms with Crippen molar-refractivity contribution in [3.8, 4) is 0 Å². The van der Waals surface area contributed by atoms with E-state index in [1.807, 2.05) is 6.92 Å². The molecule has 1 aromatic heterocycles. The smallest absolute Gasteiger partial charge is 0.270 e. The summed E-state index contributed by atoms with van der Waals surface area (Å²) in [5, 5.41) is 11.8. The van der Waals surface area contributed by atoms with E-state index >= 15 is 0 Å². The Bertz CT molecular complexity index is 1150. The minimum absolute atomic E-state index is 0.0769. The van der Waals surface area contributed by atoms with E-state index in [0.717, 1.165) is 11.0 Å². The maximum absolute atomic E-state index is 13.0. The number of carbonyl (C=O) groups excluding carboxylic acids is 1. The molecule has 2 heterocycles. The van der Waals surface area contributed by atoms with E-state index in [1.165, 1.54) is 40.9 Å². The zero-order valence-electron chi connectivity index (χ0n) is 17.7. The molecule has 1 aliphatic rings. The Morgan fingerprint density at radius 3 is 2.66 bits per heavy atom. The zero-order chi connectivity index (χ0) is 22.8. The molecule has 3 aromatic rings. The average Bonchev–Trinajstić information content (AvgIpc) is 3.23. The van der Waals surface area contributed by atoms with Gasteiger partial charge in [-0.1, -0.05) is 41.4 Å². The number of nitro groups is 1. The number of nitrogens with zero attached hydrogens (tertiary/aromatic N) is 5. The Hall–Kier alpha value is -3.04. The SMILES string of the molecule is Cc1ccc(Cc2nsc(N3CCN(C(=O)c4ccc([N+](=O)[O-])cc4Cl)C(C)C3)n2)cc1. The van der Waals surface area contributed by atoms with Crippen molar-refractivity contribution in [2.45, 2.75) is 26.3 Å². The van der Waals surface area contributed by atoms with Gasteiger partial charge in [0.15, 0.2) is 0 Å². The first-order valence-corrected chi connectivity index (χ1v) is 11.3. The first-order valence-electron chi connectivity index (χ1n) is 10.2. The number of hydrogen-bond acceptors (Lipinski definition) is 7. The Balaban J connectivity index is 1.41. The highest BCUT2D eigenvalue weighted by Gasteiger charge is 2.31. The van der Waals surface area contributed by atoms with Crippen molar-refractivity contribution >= 4 is 39.9 Å². The number of aryl methyl sites for hydroxylation is 1. The zero-order valence-corrected chi connectivity index (χ0v) is 19.3. The van der Waals surface area contributed by atoms with Crippen molar-refractivity contribution < 1.29 is 9.72 Å². The lowest BCUT2D eigenvalue weighted by atomic mass is 10.1. The van der Waals surface area contributed by atoms with Crippen LogP contribution in [0.15, 0.2) is 42.5 Å². The lowest BCUT2D eigenvalue weighted by Gasteiger charge is -2.39. The Morgan fingerprint density at radius 2 is 2.00 bits per heavy atom. The minimum atomic E-state index is -0.531. The van der Waals surface area contributed by atoms with E-state index in [2.05, 4.69) is 40.5 Å². The van der Waals surface area contributed by atoms with Crippen LogP contribution < -0.4 is 4.90 Å². The highest BCUT2D eigenvalue weighted by molar-refractivity contribution is 7.09. The van der Waals surface area contributed by atoms with E-state index in [0.29, 0.717) is 26.1 Å². The van der Waals surface area contributed by atoms with E-state index < -0.39 is 4.92 Å². The number of benzene rings is 2. The lowest BCUT2D eigenvalue weighted by molar-refractivity contribution is -0.384. The number of nitro benzene ring substituents is 1. The highest BCUT2D eigenvalue weighted by Crippen LogP contribution is 2.27. The molecule has 1 saturated heterocycles. The molecule has 1 unspecified atom stereocenters. The number of amides is 1. The van der Waals surface area contributed by atoms with Crippen LogP contribution >= 0.6 is 23.1 Å². The Morgan fingerprint density at radius 1 is 1.25 bits per heavy atom. The van der Waals surface area contributed by atoms with Crippen molar-refractivity contribution in [1.29, 1.82) is 0 Å². The van der Waals surface area contributed by atoms with Crippen LogP contribution in [0, 0.1) is 17.0 Å². The van der Waals surface area contributed by atoms with Gasteiger partial charge in [0, 0.05) is 55.8 Å². The number of piperazine rings is 1. The first kappa shape index (κ1) is 22.2. The monoisotopic (exact) mass is 471 g/mol. The predicted octanol–water partition coefficient (Wildman–Crippen LogP) is 4.35. The number of non-ortho nitro benzene ring substituents is 1. The minimum Gasteiger partial charge on any atom is -0.343 e. The second-order valence-corrected chi connectivity index (χ2v) is 9.01. The third-order valence-electron chi connectivity index (χ3n) is 5.49. The summed E-state index contributed by atoms with van der Waals surface area (Å²) in [5.41, 5.74) is 2.52. The number of carbonyl (C=O) groups is 1. The van der Waals surface area contributed by atoms with Crippen molar-refractivity contribution in [3.63, 3.8) is 0 Å². The average molecular weight is 472 g/mol. The van der Waals surface area contributed by atoms with Crippen LogP contribution in [-0.2, 0) is 6.42 Å². The third-order valence-corrected chi connectivity index (χ3v) is 6.62. The Labute approximate surface area is 194 Å². The van der Waals surface area contributed by atoms with Gasteiger partial charge in [0.05, 0.1) is 15.5 Å². The molecule has 1 atom stereocenters. The summed E-state index contributed by atoms with van der Waals surface area (Å²) in [6.45, 7) is 5.78. The van der Waals surface area contributed by atoms with Gasteiger partial charge in [-0.15, -0.1) is 0 Å². The summed E-state index contributed by atoms with van der Waals surface area (Å²) in [6.07, 6.45) is 0.684.